The van der Waals surface area contributed by atoms with Crippen molar-refractivity contribution in [2.75, 3.05) is 5.32 Å². The van der Waals surface area contributed by atoms with Gasteiger partial charge in [-0.3, -0.25) is 9.59 Å². The molecule has 4 N–H and O–H groups in total. The Morgan fingerprint density at radius 3 is 2.44 bits per heavy atom. The molecule has 2 aromatic carbocycles. The summed E-state index contributed by atoms with van der Waals surface area (Å²) in [4.78, 5) is 23.4. The number of hydrazone groups is 1. The van der Waals surface area contributed by atoms with Crippen LogP contribution in [-0.2, 0) is 9.59 Å². The van der Waals surface area contributed by atoms with Crippen LogP contribution in [0.3, 0.4) is 0 Å². The minimum atomic E-state index is -0.341. The lowest BCUT2D eigenvalue weighted by molar-refractivity contribution is -0.112. The summed E-state index contributed by atoms with van der Waals surface area (Å²) in [5.74, 6) is -0.341. The molecular formula is C25H29N5O2. The summed E-state index contributed by atoms with van der Waals surface area (Å²) in [6.45, 7) is 1.98. The van der Waals surface area contributed by atoms with Crippen LogP contribution in [0.15, 0.2) is 65.4 Å². The molecule has 7 nitrogen and oxygen atoms in total. The predicted octanol–water partition coefficient (Wildman–Crippen LogP) is 3.89. The number of hydrogen-bond donors (Lipinski definition) is 4. The van der Waals surface area contributed by atoms with Gasteiger partial charge >= 0.3 is 0 Å². The zero-order valence-corrected chi connectivity index (χ0v) is 18.2. The number of carbonyl (C=O) groups excluding carboxylic acids is 2. The van der Waals surface area contributed by atoms with E-state index in [1.54, 1.807) is 18.3 Å². The Bertz CT molecular complexity index is 1010. The standard InChI is InChI=1S/C25H29N5O2/c1-18-7-5-6-10-23(18)24(30-28-17-31)19-11-13-22(14-12-19)29-25(32)20(15-26)16-27-21-8-3-2-4-9-21/h5-7,10-17,21,26-27H,2-4,8-9H2,1H3,(H,28,31)(H,29,32)/b20-16+,26-15?,30-24-. The number of benzene rings is 2. The van der Waals surface area contributed by atoms with E-state index >= 15 is 0 Å². The van der Waals surface area contributed by atoms with Crippen LogP contribution in [0, 0.1) is 12.3 Å². The summed E-state index contributed by atoms with van der Waals surface area (Å²) in [5.41, 5.74) is 6.63. The second-order valence-corrected chi connectivity index (χ2v) is 7.80. The number of nitrogens with one attached hydrogen (secondary N) is 4. The molecule has 1 aliphatic rings. The van der Waals surface area contributed by atoms with Crippen molar-refractivity contribution in [2.24, 2.45) is 5.10 Å². The lowest BCUT2D eigenvalue weighted by Gasteiger charge is -2.22. The van der Waals surface area contributed by atoms with E-state index < -0.39 is 0 Å². The first-order chi connectivity index (χ1) is 15.6. The molecule has 0 atom stereocenters. The Morgan fingerprint density at radius 2 is 1.78 bits per heavy atom. The largest absolute Gasteiger partial charge is 0.387 e. The fraction of sp³-hybridized carbons (Fsp3) is 0.280. The SMILES string of the molecule is Cc1ccccc1/C(=N\NC=O)c1ccc(NC(=O)/C(C=N)=C/NC2CCCCC2)cc1. The van der Waals surface area contributed by atoms with Crippen LogP contribution in [0.25, 0.3) is 0 Å². The van der Waals surface area contributed by atoms with Crippen LogP contribution >= 0.6 is 0 Å². The van der Waals surface area contributed by atoms with Crippen LogP contribution in [-0.4, -0.2) is 30.3 Å². The normalized spacial score (nSPS) is 15.0. The van der Waals surface area contributed by atoms with Gasteiger partial charge in [-0.1, -0.05) is 55.7 Å². The predicted molar refractivity (Wildman–Crippen MR) is 128 cm³/mol. The molecule has 32 heavy (non-hydrogen) atoms. The monoisotopic (exact) mass is 431 g/mol. The smallest absolute Gasteiger partial charge is 0.258 e. The highest BCUT2D eigenvalue weighted by Gasteiger charge is 2.14. The van der Waals surface area contributed by atoms with Gasteiger partial charge in [0.15, 0.2) is 0 Å². The Kier molecular flexibility index (Phi) is 8.31. The number of rotatable bonds is 9. The van der Waals surface area contributed by atoms with Crippen molar-refractivity contribution < 1.29 is 9.59 Å². The van der Waals surface area contributed by atoms with Gasteiger partial charge in [-0.2, -0.15) is 5.10 Å². The summed E-state index contributed by atoms with van der Waals surface area (Å²) >= 11 is 0. The molecule has 1 saturated carbocycles. The van der Waals surface area contributed by atoms with E-state index in [9.17, 15) is 9.59 Å². The summed E-state index contributed by atoms with van der Waals surface area (Å²) in [6, 6.07) is 15.4. The molecule has 2 amide bonds. The van der Waals surface area contributed by atoms with E-state index in [2.05, 4.69) is 21.2 Å². The molecule has 0 radical (unpaired) electrons. The molecule has 3 rings (SSSR count). The van der Waals surface area contributed by atoms with Crippen LogP contribution in [0.5, 0.6) is 0 Å². The van der Waals surface area contributed by atoms with Crippen LogP contribution in [0.1, 0.15) is 48.8 Å². The third kappa shape index (κ3) is 6.14. The highest BCUT2D eigenvalue weighted by atomic mass is 16.1. The van der Waals surface area contributed by atoms with Gasteiger partial charge in [-0.15, -0.1) is 0 Å². The number of amides is 2. The fourth-order valence-corrected chi connectivity index (χ4v) is 3.77. The van der Waals surface area contributed by atoms with Gasteiger partial charge in [0.05, 0.1) is 11.3 Å². The maximum absolute atomic E-state index is 12.6. The molecule has 166 valence electrons. The van der Waals surface area contributed by atoms with Gasteiger partial charge in [-0.05, 0) is 37.5 Å². The molecule has 0 spiro atoms. The summed E-state index contributed by atoms with van der Waals surface area (Å²) in [5, 5.41) is 17.9. The minimum Gasteiger partial charge on any atom is -0.387 e. The number of hydrogen-bond acceptors (Lipinski definition) is 5. The summed E-state index contributed by atoms with van der Waals surface area (Å²) < 4.78 is 0. The lowest BCUT2D eigenvalue weighted by atomic mass is 9.96. The fourth-order valence-electron chi connectivity index (χ4n) is 3.77. The molecule has 7 heteroatoms. The van der Waals surface area contributed by atoms with Gasteiger partial charge < -0.3 is 16.0 Å². The molecule has 0 unspecified atom stereocenters. The van der Waals surface area contributed by atoms with E-state index in [0.717, 1.165) is 35.7 Å². The van der Waals surface area contributed by atoms with Crippen molar-refractivity contribution in [3.05, 3.63) is 77.0 Å². The molecule has 0 aliphatic heterocycles. The number of carbonyl (C=O) groups is 2. The average Bonchev–Trinajstić information content (AvgIpc) is 2.82. The Morgan fingerprint density at radius 1 is 1.06 bits per heavy atom. The second kappa shape index (κ2) is 11.6. The Balaban J connectivity index is 1.72. The van der Waals surface area contributed by atoms with Gasteiger partial charge in [-0.25, -0.2) is 5.43 Å². The van der Waals surface area contributed by atoms with E-state index in [0.29, 0.717) is 23.9 Å². The number of nitrogens with zero attached hydrogens (tertiary/aromatic N) is 1. The first-order valence-electron chi connectivity index (χ1n) is 10.8. The van der Waals surface area contributed by atoms with Crippen molar-refractivity contribution in [3.63, 3.8) is 0 Å². The molecule has 2 aromatic rings. The molecule has 1 aliphatic carbocycles. The zero-order valence-electron chi connectivity index (χ0n) is 18.2. The van der Waals surface area contributed by atoms with Crippen LogP contribution < -0.4 is 16.1 Å². The van der Waals surface area contributed by atoms with Crippen molar-refractivity contribution in [1.29, 1.82) is 5.41 Å². The number of anilines is 1. The molecule has 0 aromatic heterocycles. The highest BCUT2D eigenvalue weighted by Crippen LogP contribution is 2.19. The first kappa shape index (κ1) is 22.9. The maximum Gasteiger partial charge on any atom is 0.258 e. The van der Waals surface area contributed by atoms with Crippen molar-refractivity contribution >= 4 is 29.9 Å². The van der Waals surface area contributed by atoms with E-state index in [1.807, 2.05) is 43.3 Å². The summed E-state index contributed by atoms with van der Waals surface area (Å²) in [7, 11) is 0. The lowest BCUT2D eigenvalue weighted by Crippen LogP contribution is -2.28. The van der Waals surface area contributed by atoms with Crippen molar-refractivity contribution in [2.45, 2.75) is 45.1 Å². The Labute approximate surface area is 188 Å². The third-order valence-electron chi connectivity index (χ3n) is 5.54. The molecule has 0 heterocycles. The molecule has 1 fully saturated rings. The second-order valence-electron chi connectivity index (χ2n) is 7.80. The van der Waals surface area contributed by atoms with E-state index in [4.69, 9.17) is 5.41 Å². The topological polar surface area (TPSA) is 106 Å². The summed E-state index contributed by atoms with van der Waals surface area (Å²) in [6.07, 6.45) is 9.06. The van der Waals surface area contributed by atoms with Gasteiger partial charge in [0.25, 0.3) is 5.91 Å². The highest BCUT2D eigenvalue weighted by molar-refractivity contribution is 6.17. The maximum atomic E-state index is 12.6. The van der Waals surface area contributed by atoms with Gasteiger partial charge in [0, 0.05) is 35.3 Å². The van der Waals surface area contributed by atoms with E-state index in [-0.39, 0.29) is 11.5 Å². The Hall–Kier alpha value is -3.74. The minimum absolute atomic E-state index is 0.275. The van der Waals surface area contributed by atoms with E-state index in [1.165, 1.54) is 19.3 Å². The van der Waals surface area contributed by atoms with Gasteiger partial charge in [0.1, 0.15) is 0 Å². The first-order valence-corrected chi connectivity index (χ1v) is 10.8. The van der Waals surface area contributed by atoms with Crippen molar-refractivity contribution in [3.8, 4) is 0 Å². The molecular weight excluding hydrogens is 402 g/mol. The number of aryl methyl sites for hydroxylation is 1. The molecule has 0 saturated heterocycles. The molecule has 0 bridgehead atoms. The quantitative estimate of drug-likeness (QED) is 0.209. The van der Waals surface area contributed by atoms with Crippen molar-refractivity contribution in [1.82, 2.24) is 10.7 Å². The van der Waals surface area contributed by atoms with Crippen LogP contribution in [0.2, 0.25) is 0 Å². The van der Waals surface area contributed by atoms with Crippen LogP contribution in [0.4, 0.5) is 5.69 Å². The average molecular weight is 432 g/mol. The zero-order chi connectivity index (χ0) is 22.8. The third-order valence-corrected chi connectivity index (χ3v) is 5.54. The van der Waals surface area contributed by atoms with Gasteiger partial charge in [0.2, 0.25) is 6.41 Å².